The van der Waals surface area contributed by atoms with E-state index in [0.717, 1.165) is 12.1 Å². The van der Waals surface area contributed by atoms with Gasteiger partial charge >= 0.3 is 0 Å². The van der Waals surface area contributed by atoms with Crippen LogP contribution in [0.15, 0.2) is 30.3 Å². The van der Waals surface area contributed by atoms with E-state index in [-0.39, 0.29) is 22.5 Å². The van der Waals surface area contributed by atoms with Crippen LogP contribution in [0.4, 0.5) is 20.2 Å². The van der Waals surface area contributed by atoms with E-state index in [1.807, 2.05) is 0 Å². The number of aryl methyl sites for hydroxylation is 1. The van der Waals surface area contributed by atoms with Gasteiger partial charge in [-0.3, -0.25) is 4.79 Å². The van der Waals surface area contributed by atoms with Gasteiger partial charge < -0.3 is 15.8 Å². The van der Waals surface area contributed by atoms with E-state index in [4.69, 9.17) is 10.5 Å². The average molecular weight is 292 g/mol. The highest BCUT2D eigenvalue weighted by Crippen LogP contribution is 2.23. The van der Waals surface area contributed by atoms with Crippen molar-refractivity contribution in [3.63, 3.8) is 0 Å². The second-order valence-corrected chi connectivity index (χ2v) is 4.49. The molecule has 2 rings (SSSR count). The molecule has 0 aliphatic carbocycles. The monoisotopic (exact) mass is 292 g/mol. The Kier molecular flexibility index (Phi) is 4.07. The third-order valence-corrected chi connectivity index (χ3v) is 3.00. The van der Waals surface area contributed by atoms with Crippen LogP contribution in [0, 0.1) is 18.6 Å². The molecule has 110 valence electrons. The van der Waals surface area contributed by atoms with Gasteiger partial charge in [0.1, 0.15) is 17.4 Å². The van der Waals surface area contributed by atoms with Gasteiger partial charge in [0.25, 0.3) is 5.91 Å². The van der Waals surface area contributed by atoms with Crippen molar-refractivity contribution >= 4 is 17.3 Å². The summed E-state index contributed by atoms with van der Waals surface area (Å²) in [5, 5.41) is 2.30. The van der Waals surface area contributed by atoms with Crippen molar-refractivity contribution in [2.45, 2.75) is 6.92 Å². The molecule has 2 aromatic carbocycles. The molecule has 0 aliphatic heterocycles. The Morgan fingerprint density at radius 1 is 1.19 bits per heavy atom. The maximum Gasteiger partial charge on any atom is 0.257 e. The Bertz CT molecular complexity index is 702. The zero-order valence-corrected chi connectivity index (χ0v) is 11.5. The van der Waals surface area contributed by atoms with E-state index >= 15 is 0 Å². The molecule has 0 unspecified atom stereocenters. The van der Waals surface area contributed by atoms with Gasteiger partial charge in [0.05, 0.1) is 18.4 Å². The number of carbonyl (C=O) groups is 1. The van der Waals surface area contributed by atoms with Crippen LogP contribution in [0.3, 0.4) is 0 Å². The number of amides is 1. The minimum atomic E-state index is -0.714. The van der Waals surface area contributed by atoms with E-state index in [0.29, 0.717) is 5.75 Å². The molecule has 0 saturated heterocycles. The Labute approximate surface area is 120 Å². The van der Waals surface area contributed by atoms with Gasteiger partial charge in [-0.15, -0.1) is 0 Å². The Morgan fingerprint density at radius 3 is 2.52 bits per heavy atom. The third-order valence-electron chi connectivity index (χ3n) is 3.00. The molecule has 0 radical (unpaired) electrons. The fourth-order valence-electron chi connectivity index (χ4n) is 1.81. The second kappa shape index (κ2) is 5.78. The summed E-state index contributed by atoms with van der Waals surface area (Å²) in [5.74, 6) is -1.45. The predicted molar refractivity (Wildman–Crippen MR) is 76.5 cm³/mol. The highest BCUT2D eigenvalue weighted by Gasteiger charge is 2.14. The standard InChI is InChI=1S/C15H14F2N2O2/c1-8-5-12(17)14(7-11(8)16)19-15(20)10-4-3-9(21-2)6-13(10)18/h3-7H,18H2,1-2H3,(H,19,20). The maximum atomic E-state index is 13.7. The van der Waals surface area contributed by atoms with Crippen LogP contribution in [0.5, 0.6) is 5.75 Å². The number of nitrogen functional groups attached to an aromatic ring is 1. The summed E-state index contributed by atoms with van der Waals surface area (Å²) >= 11 is 0. The molecule has 2 aromatic rings. The van der Waals surface area contributed by atoms with Crippen molar-refractivity contribution < 1.29 is 18.3 Å². The van der Waals surface area contributed by atoms with Gasteiger partial charge in [-0.25, -0.2) is 8.78 Å². The van der Waals surface area contributed by atoms with Crippen LogP contribution in [-0.2, 0) is 0 Å². The number of ether oxygens (including phenoxy) is 1. The molecule has 0 fully saturated rings. The number of halogens is 2. The van der Waals surface area contributed by atoms with Crippen molar-refractivity contribution in [3.05, 3.63) is 53.1 Å². The van der Waals surface area contributed by atoms with E-state index in [1.54, 1.807) is 6.07 Å². The van der Waals surface area contributed by atoms with E-state index in [1.165, 1.54) is 26.2 Å². The quantitative estimate of drug-likeness (QED) is 0.854. The molecule has 1 amide bonds. The summed E-state index contributed by atoms with van der Waals surface area (Å²) in [6.45, 7) is 1.44. The van der Waals surface area contributed by atoms with Crippen LogP contribution in [-0.4, -0.2) is 13.0 Å². The number of methoxy groups -OCH3 is 1. The molecule has 4 nitrogen and oxygen atoms in total. The number of nitrogens with two attached hydrogens (primary N) is 1. The molecule has 0 bridgehead atoms. The molecular weight excluding hydrogens is 278 g/mol. The molecule has 6 heteroatoms. The number of rotatable bonds is 3. The second-order valence-electron chi connectivity index (χ2n) is 4.49. The molecule has 0 heterocycles. The number of benzene rings is 2. The first kappa shape index (κ1) is 14.8. The predicted octanol–water partition coefficient (Wildman–Crippen LogP) is 3.12. The SMILES string of the molecule is COc1ccc(C(=O)Nc2cc(F)c(C)cc2F)c(N)c1. The smallest absolute Gasteiger partial charge is 0.257 e. The molecule has 3 N–H and O–H groups in total. The van der Waals surface area contributed by atoms with E-state index in [9.17, 15) is 13.6 Å². The Morgan fingerprint density at radius 2 is 1.90 bits per heavy atom. The first-order valence-corrected chi connectivity index (χ1v) is 6.13. The lowest BCUT2D eigenvalue weighted by molar-refractivity contribution is 0.102. The molecule has 0 saturated carbocycles. The van der Waals surface area contributed by atoms with E-state index in [2.05, 4.69) is 5.32 Å². The molecular formula is C15H14F2N2O2. The topological polar surface area (TPSA) is 64.3 Å². The van der Waals surface area contributed by atoms with Crippen LogP contribution < -0.4 is 15.8 Å². The zero-order valence-electron chi connectivity index (χ0n) is 11.5. The van der Waals surface area contributed by atoms with Gasteiger partial charge in [0.15, 0.2) is 0 Å². The fourth-order valence-corrected chi connectivity index (χ4v) is 1.81. The van der Waals surface area contributed by atoms with Crippen LogP contribution >= 0.6 is 0 Å². The lowest BCUT2D eigenvalue weighted by atomic mass is 10.1. The summed E-state index contributed by atoms with van der Waals surface area (Å²) < 4.78 is 32.1. The van der Waals surface area contributed by atoms with Crippen molar-refractivity contribution in [2.75, 3.05) is 18.2 Å². The first-order valence-electron chi connectivity index (χ1n) is 6.13. The van der Waals surface area contributed by atoms with Gasteiger partial charge in [-0.1, -0.05) is 0 Å². The number of nitrogens with one attached hydrogen (secondary N) is 1. The summed E-state index contributed by atoms with van der Waals surface area (Å²) in [4.78, 5) is 12.1. The number of hydrogen-bond acceptors (Lipinski definition) is 3. The summed E-state index contributed by atoms with van der Waals surface area (Å²) in [5.41, 5.74) is 5.99. The van der Waals surface area contributed by atoms with Crippen LogP contribution in [0.1, 0.15) is 15.9 Å². The Balaban J connectivity index is 2.28. The maximum absolute atomic E-state index is 13.7. The van der Waals surface area contributed by atoms with Crippen LogP contribution in [0.2, 0.25) is 0 Å². The largest absolute Gasteiger partial charge is 0.497 e. The van der Waals surface area contributed by atoms with Gasteiger partial charge in [0, 0.05) is 17.8 Å². The zero-order chi connectivity index (χ0) is 15.6. The summed E-state index contributed by atoms with van der Waals surface area (Å²) in [6, 6.07) is 6.43. The average Bonchev–Trinajstić information content (AvgIpc) is 2.44. The van der Waals surface area contributed by atoms with Crippen molar-refractivity contribution in [1.29, 1.82) is 0 Å². The summed E-state index contributed by atoms with van der Waals surface area (Å²) in [7, 11) is 1.47. The Hall–Kier alpha value is -2.63. The highest BCUT2D eigenvalue weighted by atomic mass is 19.1. The van der Waals surface area contributed by atoms with Crippen LogP contribution in [0.25, 0.3) is 0 Å². The van der Waals surface area contributed by atoms with Crippen molar-refractivity contribution in [2.24, 2.45) is 0 Å². The lowest BCUT2D eigenvalue weighted by Gasteiger charge is -2.10. The van der Waals surface area contributed by atoms with Gasteiger partial charge in [0.2, 0.25) is 0 Å². The summed E-state index contributed by atoms with van der Waals surface area (Å²) in [6.07, 6.45) is 0. The third kappa shape index (κ3) is 3.10. The minimum absolute atomic E-state index is 0.149. The normalized spacial score (nSPS) is 10.3. The molecule has 0 spiro atoms. The number of hydrogen-bond donors (Lipinski definition) is 2. The van der Waals surface area contributed by atoms with Crippen molar-refractivity contribution in [3.8, 4) is 5.75 Å². The molecule has 0 aromatic heterocycles. The number of carbonyl (C=O) groups excluding carboxylic acids is 1. The molecule has 21 heavy (non-hydrogen) atoms. The number of anilines is 2. The molecule has 0 atom stereocenters. The van der Waals surface area contributed by atoms with E-state index < -0.39 is 17.5 Å². The van der Waals surface area contributed by atoms with Gasteiger partial charge in [-0.2, -0.15) is 0 Å². The lowest BCUT2D eigenvalue weighted by Crippen LogP contribution is -2.15. The first-order chi connectivity index (χ1) is 9.92. The highest BCUT2D eigenvalue weighted by molar-refractivity contribution is 6.07. The molecule has 0 aliphatic rings. The minimum Gasteiger partial charge on any atom is -0.497 e. The van der Waals surface area contributed by atoms with Gasteiger partial charge in [-0.05, 0) is 30.7 Å². The fraction of sp³-hybridized carbons (Fsp3) is 0.133. The van der Waals surface area contributed by atoms with Crippen molar-refractivity contribution in [1.82, 2.24) is 0 Å².